The van der Waals surface area contributed by atoms with Gasteiger partial charge >= 0.3 is 6.03 Å². The standard InChI is InChI=1S/C20H26N4O2S/c1-13-7-6-8-14(2)20(13)18(25)24(19(26)22-20)12-23(3)11-17-21-15-9-4-5-10-16(15)27-17/h4-5,9-10,13-14H,6-8,11-12H2,1-3H3,(H,22,26). The fourth-order valence-corrected chi connectivity index (χ4v) is 5.64. The first-order chi connectivity index (χ1) is 12.9. The van der Waals surface area contributed by atoms with E-state index in [1.54, 1.807) is 11.3 Å². The van der Waals surface area contributed by atoms with E-state index >= 15 is 0 Å². The zero-order chi connectivity index (χ0) is 19.2. The van der Waals surface area contributed by atoms with Gasteiger partial charge in [-0.2, -0.15) is 0 Å². The van der Waals surface area contributed by atoms with Gasteiger partial charge in [-0.1, -0.05) is 32.4 Å². The smallest absolute Gasteiger partial charge is 0.323 e. The number of urea groups is 1. The quantitative estimate of drug-likeness (QED) is 0.818. The van der Waals surface area contributed by atoms with E-state index in [9.17, 15) is 9.59 Å². The first-order valence-electron chi connectivity index (χ1n) is 9.59. The van der Waals surface area contributed by atoms with Crippen LogP contribution in [0.1, 0.15) is 38.1 Å². The average molecular weight is 387 g/mol. The lowest BCUT2D eigenvalue weighted by Gasteiger charge is -2.42. The zero-order valence-corrected chi connectivity index (χ0v) is 16.9. The molecule has 1 aliphatic carbocycles. The van der Waals surface area contributed by atoms with Crippen molar-refractivity contribution in [2.75, 3.05) is 13.7 Å². The number of hydrogen-bond donors (Lipinski definition) is 1. The van der Waals surface area contributed by atoms with Crippen LogP contribution in [0.5, 0.6) is 0 Å². The summed E-state index contributed by atoms with van der Waals surface area (Å²) in [6.45, 7) is 5.06. The number of hydrogen-bond acceptors (Lipinski definition) is 5. The Bertz CT molecular complexity index is 837. The fraction of sp³-hybridized carbons (Fsp3) is 0.550. The molecular formula is C20H26N4O2S. The number of nitrogens with zero attached hydrogens (tertiary/aromatic N) is 3. The van der Waals surface area contributed by atoms with Gasteiger partial charge < -0.3 is 5.32 Å². The molecule has 2 heterocycles. The summed E-state index contributed by atoms with van der Waals surface area (Å²) in [6.07, 6.45) is 3.07. The second-order valence-corrected chi connectivity index (χ2v) is 9.11. The number of fused-ring (bicyclic) bond motifs is 1. The molecule has 1 saturated heterocycles. The number of thiazole rings is 1. The molecule has 0 bridgehead atoms. The van der Waals surface area contributed by atoms with Crippen molar-refractivity contribution in [3.8, 4) is 0 Å². The fourth-order valence-electron chi connectivity index (χ4n) is 4.59. The Morgan fingerprint density at radius 3 is 2.67 bits per heavy atom. The van der Waals surface area contributed by atoms with Crippen LogP contribution in [-0.2, 0) is 11.3 Å². The molecule has 0 radical (unpaired) electrons. The van der Waals surface area contributed by atoms with Gasteiger partial charge in [0, 0.05) is 0 Å². The Morgan fingerprint density at radius 1 is 1.26 bits per heavy atom. The molecule has 1 N–H and O–H groups in total. The number of amides is 3. The largest absolute Gasteiger partial charge is 0.326 e. The average Bonchev–Trinajstić information content (AvgIpc) is 3.14. The van der Waals surface area contributed by atoms with E-state index in [-0.39, 0.29) is 30.4 Å². The number of carbonyl (C=O) groups excluding carboxylic acids is 2. The molecule has 7 heteroatoms. The van der Waals surface area contributed by atoms with Crippen LogP contribution in [0, 0.1) is 11.8 Å². The Morgan fingerprint density at radius 2 is 1.96 bits per heavy atom. The predicted molar refractivity (Wildman–Crippen MR) is 106 cm³/mol. The third-order valence-electron chi connectivity index (χ3n) is 6.11. The van der Waals surface area contributed by atoms with Crippen LogP contribution in [0.15, 0.2) is 24.3 Å². The number of carbonyl (C=O) groups is 2. The summed E-state index contributed by atoms with van der Waals surface area (Å²) in [6, 6.07) is 7.78. The molecule has 1 spiro atoms. The Kier molecular flexibility index (Phi) is 4.68. The molecule has 2 aromatic rings. The van der Waals surface area contributed by atoms with Crippen LogP contribution in [0.25, 0.3) is 10.2 Å². The number of aromatic nitrogens is 1. The Labute approximate surface area is 163 Å². The molecule has 1 saturated carbocycles. The van der Waals surface area contributed by atoms with Crippen molar-refractivity contribution in [3.63, 3.8) is 0 Å². The number of imide groups is 1. The molecule has 3 amide bonds. The van der Waals surface area contributed by atoms with Crippen molar-refractivity contribution in [1.29, 1.82) is 0 Å². The number of nitrogens with one attached hydrogen (secondary N) is 1. The van der Waals surface area contributed by atoms with Gasteiger partial charge in [-0.15, -0.1) is 11.3 Å². The predicted octanol–water partition coefficient (Wildman–Crippen LogP) is 3.43. The molecule has 6 nitrogen and oxygen atoms in total. The third kappa shape index (κ3) is 3.02. The highest BCUT2D eigenvalue weighted by Crippen LogP contribution is 2.42. The monoisotopic (exact) mass is 386 g/mol. The summed E-state index contributed by atoms with van der Waals surface area (Å²) in [5.74, 6) is 0.262. The normalized spacial score (nSPS) is 28.5. The van der Waals surface area contributed by atoms with Crippen molar-refractivity contribution in [3.05, 3.63) is 29.3 Å². The topological polar surface area (TPSA) is 65.5 Å². The molecule has 2 aliphatic rings. The van der Waals surface area contributed by atoms with E-state index in [0.29, 0.717) is 6.54 Å². The molecule has 4 rings (SSSR count). The van der Waals surface area contributed by atoms with E-state index in [0.717, 1.165) is 34.5 Å². The maximum absolute atomic E-state index is 13.2. The molecule has 1 aromatic heterocycles. The summed E-state index contributed by atoms with van der Waals surface area (Å²) in [5, 5.41) is 4.04. The number of rotatable bonds is 4. The molecule has 1 aromatic carbocycles. The maximum Gasteiger partial charge on any atom is 0.326 e. The summed E-state index contributed by atoms with van der Waals surface area (Å²) >= 11 is 1.65. The van der Waals surface area contributed by atoms with Crippen LogP contribution in [0.2, 0.25) is 0 Å². The second kappa shape index (κ2) is 6.87. The summed E-state index contributed by atoms with van der Waals surface area (Å²) < 4.78 is 1.15. The van der Waals surface area contributed by atoms with Crippen LogP contribution < -0.4 is 5.32 Å². The van der Waals surface area contributed by atoms with E-state index < -0.39 is 5.54 Å². The van der Waals surface area contributed by atoms with E-state index in [4.69, 9.17) is 0 Å². The SMILES string of the molecule is CC1CCCC(C)C12NC(=O)N(CN(C)Cc1nc3ccccc3s1)C2=O. The van der Waals surface area contributed by atoms with Crippen molar-refractivity contribution in [1.82, 2.24) is 20.1 Å². The van der Waals surface area contributed by atoms with E-state index in [2.05, 4.69) is 30.2 Å². The van der Waals surface area contributed by atoms with Crippen LogP contribution in [0.4, 0.5) is 4.79 Å². The van der Waals surface area contributed by atoms with E-state index in [1.165, 1.54) is 4.90 Å². The molecule has 1 aliphatic heterocycles. The van der Waals surface area contributed by atoms with Gasteiger partial charge in [-0.25, -0.2) is 14.7 Å². The first-order valence-corrected chi connectivity index (χ1v) is 10.4. The molecular weight excluding hydrogens is 360 g/mol. The lowest BCUT2D eigenvalue weighted by molar-refractivity contribution is -0.137. The highest BCUT2D eigenvalue weighted by molar-refractivity contribution is 7.18. The minimum Gasteiger partial charge on any atom is -0.323 e. The summed E-state index contributed by atoms with van der Waals surface area (Å²) in [4.78, 5) is 33.9. The second-order valence-electron chi connectivity index (χ2n) is 8.00. The molecule has 144 valence electrons. The Balaban J connectivity index is 1.48. The minimum atomic E-state index is -0.730. The zero-order valence-electron chi connectivity index (χ0n) is 16.1. The van der Waals surface area contributed by atoms with Gasteiger partial charge in [0.2, 0.25) is 0 Å². The van der Waals surface area contributed by atoms with Gasteiger partial charge in [0.1, 0.15) is 10.5 Å². The van der Waals surface area contributed by atoms with Crippen LogP contribution in [-0.4, -0.2) is 46.0 Å². The molecule has 2 atom stereocenters. The Hall–Kier alpha value is -1.99. The van der Waals surface area contributed by atoms with E-state index in [1.807, 2.05) is 30.1 Å². The highest BCUT2D eigenvalue weighted by Gasteiger charge is 2.58. The van der Waals surface area contributed by atoms with Crippen molar-refractivity contribution in [2.24, 2.45) is 11.8 Å². The van der Waals surface area contributed by atoms with Gasteiger partial charge in [0.05, 0.1) is 23.4 Å². The van der Waals surface area contributed by atoms with Crippen LogP contribution in [0.3, 0.4) is 0 Å². The van der Waals surface area contributed by atoms with Gasteiger partial charge in [0.15, 0.2) is 0 Å². The number of para-hydroxylation sites is 1. The molecule has 27 heavy (non-hydrogen) atoms. The lowest BCUT2D eigenvalue weighted by atomic mass is 9.67. The third-order valence-corrected chi connectivity index (χ3v) is 7.13. The highest BCUT2D eigenvalue weighted by atomic mass is 32.1. The van der Waals surface area contributed by atoms with Crippen molar-refractivity contribution >= 4 is 33.5 Å². The summed E-state index contributed by atoms with van der Waals surface area (Å²) in [5.41, 5.74) is 0.260. The van der Waals surface area contributed by atoms with Crippen molar-refractivity contribution in [2.45, 2.75) is 45.2 Å². The van der Waals surface area contributed by atoms with Crippen LogP contribution >= 0.6 is 11.3 Å². The van der Waals surface area contributed by atoms with Gasteiger partial charge in [-0.05, 0) is 43.9 Å². The lowest BCUT2D eigenvalue weighted by Crippen LogP contribution is -2.59. The van der Waals surface area contributed by atoms with Gasteiger partial charge in [-0.3, -0.25) is 9.69 Å². The van der Waals surface area contributed by atoms with Crippen molar-refractivity contribution < 1.29 is 9.59 Å². The minimum absolute atomic E-state index is 0.0663. The number of benzene rings is 1. The maximum atomic E-state index is 13.2. The molecule has 2 fully saturated rings. The molecule has 2 unspecified atom stereocenters. The first kappa shape index (κ1) is 18.4. The van der Waals surface area contributed by atoms with Gasteiger partial charge in [0.25, 0.3) is 5.91 Å². The summed E-state index contributed by atoms with van der Waals surface area (Å²) in [7, 11) is 1.92.